The molecule has 4 nitrogen and oxygen atoms in total. The summed E-state index contributed by atoms with van der Waals surface area (Å²) < 4.78 is 18.4. The number of aryl methyl sites for hydroxylation is 1. The van der Waals surface area contributed by atoms with Gasteiger partial charge in [0.15, 0.2) is 0 Å². The first-order valence-electron chi connectivity index (χ1n) is 6.89. The Labute approximate surface area is 128 Å². The summed E-state index contributed by atoms with van der Waals surface area (Å²) in [6.07, 6.45) is 2.55. The van der Waals surface area contributed by atoms with Gasteiger partial charge in [0.2, 0.25) is 11.7 Å². The van der Waals surface area contributed by atoms with E-state index in [-0.39, 0.29) is 10.4 Å². The molecule has 114 valence electrons. The number of hydrogen-bond donors (Lipinski definition) is 1. The molecule has 6 heteroatoms. The van der Waals surface area contributed by atoms with Crippen molar-refractivity contribution in [2.75, 3.05) is 6.54 Å². The van der Waals surface area contributed by atoms with Gasteiger partial charge in [-0.2, -0.15) is 4.98 Å². The van der Waals surface area contributed by atoms with Gasteiger partial charge in [-0.25, -0.2) is 4.39 Å². The van der Waals surface area contributed by atoms with E-state index in [1.54, 1.807) is 6.07 Å². The summed E-state index contributed by atoms with van der Waals surface area (Å²) in [5, 5.41) is 3.96. The van der Waals surface area contributed by atoms with Crippen LogP contribution in [0.2, 0.25) is 5.02 Å². The van der Waals surface area contributed by atoms with Gasteiger partial charge in [-0.1, -0.05) is 30.6 Å². The summed E-state index contributed by atoms with van der Waals surface area (Å²) in [6, 6.07) is 4.36. The molecule has 1 aromatic carbocycles. The molecule has 0 spiro atoms. The predicted octanol–water partition coefficient (Wildman–Crippen LogP) is 3.84. The lowest BCUT2D eigenvalue weighted by atomic mass is 9.84. The lowest BCUT2D eigenvalue weighted by molar-refractivity contribution is 0.289. The van der Waals surface area contributed by atoms with Crippen molar-refractivity contribution < 1.29 is 8.91 Å². The van der Waals surface area contributed by atoms with Crippen LogP contribution in [0.25, 0.3) is 11.4 Å². The van der Waals surface area contributed by atoms with Gasteiger partial charge in [-0.05, 0) is 43.0 Å². The number of nitrogens with two attached hydrogens (primary N) is 1. The molecule has 0 aliphatic rings. The van der Waals surface area contributed by atoms with Crippen molar-refractivity contribution >= 4 is 11.6 Å². The standard InChI is InChI=1S/C15H19ClFN3O/c1-15(2,7-8-18)6-5-13-19-14(20-21-13)10-3-4-12(17)11(16)9-10/h3-4,9H,5-8,18H2,1-2H3. The van der Waals surface area contributed by atoms with Crippen LogP contribution in [0.1, 0.15) is 32.6 Å². The highest BCUT2D eigenvalue weighted by Gasteiger charge is 2.19. The van der Waals surface area contributed by atoms with E-state index in [1.807, 2.05) is 0 Å². The Bertz CT molecular complexity index is 613. The smallest absolute Gasteiger partial charge is 0.226 e. The van der Waals surface area contributed by atoms with Crippen LogP contribution in [-0.2, 0) is 6.42 Å². The van der Waals surface area contributed by atoms with Gasteiger partial charge in [0, 0.05) is 12.0 Å². The monoisotopic (exact) mass is 311 g/mol. The summed E-state index contributed by atoms with van der Waals surface area (Å²) >= 11 is 5.75. The van der Waals surface area contributed by atoms with E-state index in [2.05, 4.69) is 24.0 Å². The maximum Gasteiger partial charge on any atom is 0.226 e. The minimum absolute atomic E-state index is 0.0444. The predicted molar refractivity (Wildman–Crippen MR) is 80.5 cm³/mol. The summed E-state index contributed by atoms with van der Waals surface area (Å²) in [5.74, 6) is 0.520. The number of benzene rings is 1. The summed E-state index contributed by atoms with van der Waals surface area (Å²) in [4.78, 5) is 4.32. The summed E-state index contributed by atoms with van der Waals surface area (Å²) in [7, 11) is 0. The highest BCUT2D eigenvalue weighted by atomic mass is 35.5. The topological polar surface area (TPSA) is 64.9 Å². The second-order valence-corrected chi connectivity index (χ2v) is 6.25. The van der Waals surface area contributed by atoms with E-state index in [1.165, 1.54) is 12.1 Å². The van der Waals surface area contributed by atoms with Crippen molar-refractivity contribution in [1.29, 1.82) is 0 Å². The fourth-order valence-corrected chi connectivity index (χ4v) is 2.25. The number of halogens is 2. The number of hydrogen-bond acceptors (Lipinski definition) is 4. The van der Waals surface area contributed by atoms with Gasteiger partial charge in [0.1, 0.15) is 5.82 Å². The normalized spacial score (nSPS) is 11.9. The molecule has 2 rings (SSSR count). The molecule has 2 N–H and O–H groups in total. The lowest BCUT2D eigenvalue weighted by Gasteiger charge is -2.22. The minimum atomic E-state index is -0.465. The van der Waals surface area contributed by atoms with Crippen LogP contribution in [-0.4, -0.2) is 16.7 Å². The van der Waals surface area contributed by atoms with Crippen molar-refractivity contribution in [3.05, 3.63) is 34.9 Å². The molecule has 0 unspecified atom stereocenters. The molecule has 0 bridgehead atoms. The van der Waals surface area contributed by atoms with Crippen molar-refractivity contribution in [3.8, 4) is 11.4 Å². The second-order valence-electron chi connectivity index (χ2n) is 5.84. The average molecular weight is 312 g/mol. The SMILES string of the molecule is CC(C)(CCN)CCc1nc(-c2ccc(F)c(Cl)c2)no1. The Morgan fingerprint density at radius 1 is 1.33 bits per heavy atom. The van der Waals surface area contributed by atoms with Crippen molar-refractivity contribution in [2.45, 2.75) is 33.1 Å². The van der Waals surface area contributed by atoms with E-state index in [0.717, 1.165) is 12.8 Å². The molecule has 0 radical (unpaired) electrons. The van der Waals surface area contributed by atoms with Crippen LogP contribution in [0.15, 0.2) is 22.7 Å². The molecule has 0 saturated heterocycles. The fourth-order valence-electron chi connectivity index (χ4n) is 2.07. The van der Waals surface area contributed by atoms with Gasteiger partial charge in [0.05, 0.1) is 5.02 Å². The van der Waals surface area contributed by atoms with Crippen molar-refractivity contribution in [1.82, 2.24) is 10.1 Å². The Balaban J connectivity index is 2.06. The molecule has 1 aromatic heterocycles. The lowest BCUT2D eigenvalue weighted by Crippen LogP contribution is -2.17. The molecule has 2 aromatic rings. The third-order valence-corrected chi connectivity index (χ3v) is 3.77. The van der Waals surface area contributed by atoms with Crippen LogP contribution in [0.5, 0.6) is 0 Å². The zero-order valence-corrected chi connectivity index (χ0v) is 13.0. The number of nitrogens with zero attached hydrogens (tertiary/aromatic N) is 2. The van der Waals surface area contributed by atoms with Gasteiger partial charge in [-0.15, -0.1) is 0 Å². The third kappa shape index (κ3) is 4.25. The van der Waals surface area contributed by atoms with Crippen LogP contribution in [0, 0.1) is 11.2 Å². The van der Waals surface area contributed by atoms with Crippen LogP contribution in [0.3, 0.4) is 0 Å². The maximum atomic E-state index is 13.1. The van der Waals surface area contributed by atoms with E-state index >= 15 is 0 Å². The zero-order chi connectivity index (χ0) is 15.5. The Kier molecular flexibility index (Phi) is 4.96. The fraction of sp³-hybridized carbons (Fsp3) is 0.467. The Morgan fingerprint density at radius 3 is 2.76 bits per heavy atom. The van der Waals surface area contributed by atoms with Crippen LogP contribution >= 0.6 is 11.6 Å². The molecule has 21 heavy (non-hydrogen) atoms. The Morgan fingerprint density at radius 2 is 2.10 bits per heavy atom. The molecule has 0 aliphatic carbocycles. The highest BCUT2D eigenvalue weighted by molar-refractivity contribution is 6.31. The van der Waals surface area contributed by atoms with E-state index in [9.17, 15) is 4.39 Å². The largest absolute Gasteiger partial charge is 0.339 e. The molecule has 0 atom stereocenters. The molecule has 1 heterocycles. The van der Waals surface area contributed by atoms with Gasteiger partial charge in [0.25, 0.3) is 0 Å². The van der Waals surface area contributed by atoms with Gasteiger partial charge < -0.3 is 10.3 Å². The average Bonchev–Trinajstić information content (AvgIpc) is 2.89. The number of rotatable bonds is 6. The third-order valence-electron chi connectivity index (χ3n) is 3.48. The van der Waals surface area contributed by atoms with Crippen LogP contribution < -0.4 is 5.73 Å². The zero-order valence-electron chi connectivity index (χ0n) is 12.2. The number of aromatic nitrogens is 2. The van der Waals surface area contributed by atoms with Crippen molar-refractivity contribution in [3.63, 3.8) is 0 Å². The molecular formula is C15H19ClFN3O. The Hall–Kier alpha value is -1.46. The van der Waals surface area contributed by atoms with Gasteiger partial charge >= 0.3 is 0 Å². The summed E-state index contributed by atoms with van der Waals surface area (Å²) in [5.41, 5.74) is 6.37. The molecule has 0 amide bonds. The first kappa shape index (κ1) is 15.9. The molecule has 0 aliphatic heterocycles. The first-order valence-corrected chi connectivity index (χ1v) is 7.27. The van der Waals surface area contributed by atoms with E-state index in [4.69, 9.17) is 21.9 Å². The quantitative estimate of drug-likeness (QED) is 0.880. The molecular weight excluding hydrogens is 293 g/mol. The summed E-state index contributed by atoms with van der Waals surface area (Å²) in [6.45, 7) is 4.99. The second kappa shape index (κ2) is 6.54. The van der Waals surface area contributed by atoms with Crippen molar-refractivity contribution in [2.24, 2.45) is 11.1 Å². The van der Waals surface area contributed by atoms with Gasteiger partial charge in [-0.3, -0.25) is 0 Å². The van der Waals surface area contributed by atoms with Crippen LogP contribution in [0.4, 0.5) is 4.39 Å². The van der Waals surface area contributed by atoms with E-state index < -0.39 is 5.82 Å². The molecule has 0 saturated carbocycles. The maximum absolute atomic E-state index is 13.1. The first-order chi connectivity index (χ1) is 9.91. The highest BCUT2D eigenvalue weighted by Crippen LogP contribution is 2.27. The molecule has 0 fully saturated rings. The van der Waals surface area contributed by atoms with E-state index in [0.29, 0.717) is 30.2 Å². The minimum Gasteiger partial charge on any atom is -0.339 e.